The smallest absolute Gasteiger partial charge is 0.312 e. The molecule has 2 rings (SSSR count). The van der Waals surface area contributed by atoms with Gasteiger partial charge in [-0.05, 0) is 6.92 Å². The minimum atomic E-state index is -0.249. The van der Waals surface area contributed by atoms with Crippen molar-refractivity contribution < 1.29 is 14.6 Å². The lowest BCUT2D eigenvalue weighted by Gasteiger charge is -2.21. The first-order valence-corrected chi connectivity index (χ1v) is 5.19. The van der Waals surface area contributed by atoms with Crippen LogP contribution >= 0.6 is 0 Å². The second-order valence-electron chi connectivity index (χ2n) is 3.52. The van der Waals surface area contributed by atoms with E-state index in [1.807, 2.05) is 0 Å². The molecule has 0 saturated carbocycles. The van der Waals surface area contributed by atoms with E-state index in [1.54, 1.807) is 11.6 Å². The molecule has 2 N–H and O–H groups in total. The van der Waals surface area contributed by atoms with Gasteiger partial charge >= 0.3 is 5.97 Å². The molecule has 2 heterocycles. The van der Waals surface area contributed by atoms with Crippen LogP contribution < -0.4 is 5.32 Å². The Hall–Kier alpha value is -1.63. The first-order valence-electron chi connectivity index (χ1n) is 5.19. The van der Waals surface area contributed by atoms with Crippen LogP contribution in [0.15, 0.2) is 0 Å². The first-order chi connectivity index (χ1) is 7.74. The minimum absolute atomic E-state index is 0.203. The Morgan fingerprint density at radius 2 is 2.56 bits per heavy atom. The van der Waals surface area contributed by atoms with Gasteiger partial charge in [-0.25, -0.2) is 4.68 Å². The summed E-state index contributed by atoms with van der Waals surface area (Å²) in [5.41, 5.74) is 0. The van der Waals surface area contributed by atoms with Crippen LogP contribution in [0, 0.1) is 5.92 Å². The molecule has 1 atom stereocenters. The summed E-state index contributed by atoms with van der Waals surface area (Å²) in [7, 11) is 0. The lowest BCUT2D eigenvalue weighted by atomic mass is 10.1. The summed E-state index contributed by atoms with van der Waals surface area (Å²) >= 11 is 0. The third-order valence-electron chi connectivity index (χ3n) is 2.38. The van der Waals surface area contributed by atoms with Crippen molar-refractivity contribution in [2.75, 3.05) is 18.5 Å². The molecule has 1 aromatic rings. The Labute approximate surface area is 92.4 Å². The maximum atomic E-state index is 11.5. The van der Waals surface area contributed by atoms with E-state index in [1.165, 1.54) is 0 Å². The van der Waals surface area contributed by atoms with E-state index in [0.717, 1.165) is 0 Å². The lowest BCUT2D eigenvalue weighted by molar-refractivity contribution is -0.148. The fraction of sp³-hybridized carbons (Fsp3) is 0.667. The largest absolute Gasteiger partial charge is 0.466 e. The molecule has 1 unspecified atom stereocenters. The molecule has 7 nitrogen and oxygen atoms in total. The lowest BCUT2D eigenvalue weighted by Crippen LogP contribution is -2.34. The van der Waals surface area contributed by atoms with Crippen LogP contribution in [0.5, 0.6) is 0 Å². The molecule has 88 valence electrons. The second kappa shape index (κ2) is 4.48. The van der Waals surface area contributed by atoms with Crippen molar-refractivity contribution in [3.05, 3.63) is 5.82 Å². The molecular formula is C9H14N4O3. The summed E-state index contributed by atoms with van der Waals surface area (Å²) in [5.74, 6) is 0.457. The van der Waals surface area contributed by atoms with E-state index < -0.39 is 0 Å². The molecule has 1 aromatic heterocycles. The van der Waals surface area contributed by atoms with Gasteiger partial charge in [0.25, 0.3) is 0 Å². The predicted molar refractivity (Wildman–Crippen MR) is 54.6 cm³/mol. The molecule has 1 aliphatic rings. The number of anilines is 1. The molecule has 1 aliphatic heterocycles. The zero-order valence-corrected chi connectivity index (χ0v) is 9.01. The van der Waals surface area contributed by atoms with Crippen molar-refractivity contribution in [1.82, 2.24) is 14.8 Å². The molecule has 0 radical (unpaired) electrons. The molecular weight excluding hydrogens is 212 g/mol. The number of hydrogen-bond donors (Lipinski definition) is 2. The van der Waals surface area contributed by atoms with E-state index in [4.69, 9.17) is 9.84 Å². The summed E-state index contributed by atoms with van der Waals surface area (Å²) < 4.78 is 6.52. The van der Waals surface area contributed by atoms with Crippen molar-refractivity contribution in [3.63, 3.8) is 0 Å². The molecule has 7 heteroatoms. The highest BCUT2D eigenvalue weighted by atomic mass is 16.5. The molecule has 0 amide bonds. The van der Waals surface area contributed by atoms with E-state index in [2.05, 4.69) is 15.4 Å². The Bertz CT molecular complexity index is 390. The average Bonchev–Trinajstić information content (AvgIpc) is 2.70. The van der Waals surface area contributed by atoms with Crippen molar-refractivity contribution in [1.29, 1.82) is 0 Å². The van der Waals surface area contributed by atoms with Crippen LogP contribution in [-0.2, 0) is 22.7 Å². The van der Waals surface area contributed by atoms with Gasteiger partial charge in [0.15, 0.2) is 5.82 Å². The third kappa shape index (κ3) is 1.99. The van der Waals surface area contributed by atoms with Crippen LogP contribution in [0.1, 0.15) is 12.7 Å². The zero-order valence-electron chi connectivity index (χ0n) is 9.01. The van der Waals surface area contributed by atoms with Crippen molar-refractivity contribution in [3.8, 4) is 0 Å². The highest BCUT2D eigenvalue weighted by molar-refractivity contribution is 5.73. The summed E-state index contributed by atoms with van der Waals surface area (Å²) in [5, 5.41) is 15.9. The molecule has 0 aromatic carbocycles. The van der Waals surface area contributed by atoms with Gasteiger partial charge in [0.1, 0.15) is 6.61 Å². The first kappa shape index (κ1) is 10.9. The van der Waals surface area contributed by atoms with Crippen molar-refractivity contribution in [2.24, 2.45) is 5.92 Å². The van der Waals surface area contributed by atoms with Crippen molar-refractivity contribution in [2.45, 2.75) is 20.1 Å². The van der Waals surface area contributed by atoms with E-state index in [9.17, 15) is 4.79 Å². The number of aliphatic hydroxyl groups is 1. The summed E-state index contributed by atoms with van der Waals surface area (Å²) in [6.45, 7) is 2.88. The van der Waals surface area contributed by atoms with Gasteiger partial charge in [0.05, 0.1) is 19.1 Å². The second-order valence-corrected chi connectivity index (χ2v) is 3.52. The highest BCUT2D eigenvalue weighted by Gasteiger charge is 2.27. The number of hydrogen-bond acceptors (Lipinski definition) is 6. The number of esters is 1. The molecule has 0 fully saturated rings. The highest BCUT2D eigenvalue weighted by Crippen LogP contribution is 2.16. The molecule has 0 saturated heterocycles. The van der Waals surface area contributed by atoms with Gasteiger partial charge in [0, 0.05) is 6.54 Å². The van der Waals surface area contributed by atoms with Crippen LogP contribution in [0.2, 0.25) is 0 Å². The number of carbonyl (C=O) groups is 1. The number of rotatable bonds is 3. The maximum absolute atomic E-state index is 11.5. The molecule has 0 aliphatic carbocycles. The van der Waals surface area contributed by atoms with Crippen LogP contribution in [0.4, 0.5) is 5.95 Å². The summed E-state index contributed by atoms with van der Waals surface area (Å²) in [6, 6.07) is 0. The SMILES string of the molecule is CCOC(=O)C1CNc2nc(CO)nn2C1. The van der Waals surface area contributed by atoms with Gasteiger partial charge in [-0.3, -0.25) is 4.79 Å². The van der Waals surface area contributed by atoms with E-state index in [-0.39, 0.29) is 18.5 Å². The number of nitrogens with zero attached hydrogens (tertiary/aromatic N) is 3. The predicted octanol–water partition coefficient (Wildman–Crippen LogP) is -0.625. The number of aliphatic hydroxyl groups excluding tert-OH is 1. The van der Waals surface area contributed by atoms with Crippen LogP contribution in [0.3, 0.4) is 0 Å². The Kier molecular flexibility index (Phi) is 3.04. The van der Waals surface area contributed by atoms with Gasteiger partial charge < -0.3 is 15.2 Å². The van der Waals surface area contributed by atoms with Crippen molar-refractivity contribution >= 4 is 11.9 Å². The van der Waals surface area contributed by atoms with E-state index in [0.29, 0.717) is 31.5 Å². The monoisotopic (exact) mass is 226 g/mol. The topological polar surface area (TPSA) is 89.3 Å². The summed E-state index contributed by atoms with van der Waals surface area (Å²) in [6.07, 6.45) is 0. The number of carbonyl (C=O) groups excluding carboxylic acids is 1. The Morgan fingerprint density at radius 1 is 1.75 bits per heavy atom. The maximum Gasteiger partial charge on any atom is 0.312 e. The third-order valence-corrected chi connectivity index (χ3v) is 2.38. The van der Waals surface area contributed by atoms with Crippen LogP contribution in [0.25, 0.3) is 0 Å². The zero-order chi connectivity index (χ0) is 11.5. The molecule has 0 bridgehead atoms. The quantitative estimate of drug-likeness (QED) is 0.667. The van der Waals surface area contributed by atoms with Gasteiger partial charge in [0.2, 0.25) is 5.95 Å². The van der Waals surface area contributed by atoms with E-state index >= 15 is 0 Å². The van der Waals surface area contributed by atoms with Crippen LogP contribution in [-0.4, -0.2) is 39.0 Å². The fourth-order valence-electron chi connectivity index (χ4n) is 1.62. The molecule has 0 spiro atoms. The Morgan fingerprint density at radius 3 is 3.25 bits per heavy atom. The number of ether oxygens (including phenoxy) is 1. The average molecular weight is 226 g/mol. The Balaban J connectivity index is 2.08. The molecule has 16 heavy (non-hydrogen) atoms. The van der Waals surface area contributed by atoms with Gasteiger partial charge in [-0.15, -0.1) is 0 Å². The fourth-order valence-corrected chi connectivity index (χ4v) is 1.62. The minimum Gasteiger partial charge on any atom is -0.466 e. The van der Waals surface area contributed by atoms with Gasteiger partial charge in [-0.1, -0.05) is 0 Å². The standard InChI is InChI=1S/C9H14N4O3/c1-2-16-8(15)6-3-10-9-11-7(5-14)12-13(9)4-6/h6,14H,2-5H2,1H3,(H,10,11,12). The number of aromatic nitrogens is 3. The summed E-state index contributed by atoms with van der Waals surface area (Å²) in [4.78, 5) is 15.6. The number of fused-ring (bicyclic) bond motifs is 1. The van der Waals surface area contributed by atoms with Gasteiger partial charge in [-0.2, -0.15) is 10.1 Å². The normalized spacial score (nSPS) is 18.8. The number of nitrogens with one attached hydrogen (secondary N) is 1.